The molecule has 0 amide bonds. The van der Waals surface area contributed by atoms with Gasteiger partial charge in [-0.2, -0.15) is 10.2 Å². The molecule has 0 saturated carbocycles. The molecule has 0 atom stereocenters. The number of benzene rings is 2. The molecule has 0 aliphatic rings. The van der Waals surface area contributed by atoms with Crippen LogP contribution in [0, 0.1) is 5.82 Å². The Morgan fingerprint density at radius 2 is 1.93 bits per heavy atom. The summed E-state index contributed by atoms with van der Waals surface area (Å²) in [5, 5.41) is 23.2. The third kappa shape index (κ3) is 4.38. The van der Waals surface area contributed by atoms with Gasteiger partial charge in [0.2, 0.25) is 0 Å². The first kappa shape index (κ1) is 20.7. The number of hydrogen-bond acceptors (Lipinski definition) is 6. The van der Waals surface area contributed by atoms with Crippen LogP contribution in [0.2, 0.25) is 5.02 Å². The number of aromatic carboxylic acids is 1. The molecular weight excluding hydrogens is 390 g/mol. The fourth-order valence-corrected chi connectivity index (χ4v) is 2.97. The largest absolute Gasteiger partial charge is 1.00 e. The number of carbonyl (C=O) groups is 1. The topological polar surface area (TPSA) is 90.8 Å². The van der Waals surface area contributed by atoms with Crippen molar-refractivity contribution in [2.75, 3.05) is 5.32 Å². The quantitative estimate of drug-likeness (QED) is 0.504. The summed E-state index contributed by atoms with van der Waals surface area (Å²) in [5.74, 6) is -1.73. The first-order valence-corrected chi connectivity index (χ1v) is 8.54. The third-order valence-electron chi connectivity index (χ3n) is 4.12. The molecule has 4 aromatic rings. The minimum Gasteiger partial charge on any atom is -0.545 e. The molecule has 4 rings (SSSR count). The van der Waals surface area contributed by atoms with E-state index in [4.69, 9.17) is 11.6 Å². The SMILES string of the molecule is O=C([O-])c1ccc2c(Nc3cnnc(-c4cc(Cl)ccc4F)c3)ccnc2c1.[Li+]. The van der Waals surface area contributed by atoms with Gasteiger partial charge in [-0.1, -0.05) is 23.7 Å². The predicted octanol–water partition coefficient (Wildman–Crippen LogP) is 0.595. The maximum Gasteiger partial charge on any atom is 1.00 e. The minimum atomic E-state index is -1.27. The van der Waals surface area contributed by atoms with Gasteiger partial charge >= 0.3 is 18.9 Å². The normalized spacial score (nSPS) is 10.4. The molecule has 0 saturated heterocycles. The molecule has 0 fully saturated rings. The molecule has 0 aliphatic carbocycles. The molecule has 0 radical (unpaired) electrons. The van der Waals surface area contributed by atoms with Crippen LogP contribution in [0.1, 0.15) is 10.4 Å². The van der Waals surface area contributed by atoms with Crippen molar-refractivity contribution in [3.63, 3.8) is 0 Å². The molecule has 2 heterocycles. The molecule has 0 aliphatic heterocycles. The van der Waals surface area contributed by atoms with Crippen LogP contribution in [0.25, 0.3) is 22.2 Å². The van der Waals surface area contributed by atoms with Crippen molar-refractivity contribution < 1.29 is 33.2 Å². The molecule has 0 bridgehead atoms. The van der Waals surface area contributed by atoms with Gasteiger partial charge in [0.05, 0.1) is 29.1 Å². The van der Waals surface area contributed by atoms with Crippen LogP contribution in [-0.2, 0) is 0 Å². The summed E-state index contributed by atoms with van der Waals surface area (Å²) >= 11 is 5.95. The first-order chi connectivity index (χ1) is 13.5. The van der Waals surface area contributed by atoms with Crippen molar-refractivity contribution in [2.24, 2.45) is 0 Å². The Balaban J connectivity index is 0.00000240. The number of aromatic nitrogens is 3. The number of hydrogen-bond donors (Lipinski definition) is 1. The smallest absolute Gasteiger partial charge is 0.545 e. The summed E-state index contributed by atoms with van der Waals surface area (Å²) in [5.41, 5.74) is 2.35. The van der Waals surface area contributed by atoms with E-state index in [1.54, 1.807) is 24.4 Å². The molecule has 0 unspecified atom stereocenters. The van der Waals surface area contributed by atoms with Crippen LogP contribution < -0.4 is 29.3 Å². The van der Waals surface area contributed by atoms with Crippen molar-refractivity contribution in [1.29, 1.82) is 0 Å². The third-order valence-corrected chi connectivity index (χ3v) is 4.35. The van der Waals surface area contributed by atoms with Crippen molar-refractivity contribution in [1.82, 2.24) is 15.2 Å². The summed E-state index contributed by atoms with van der Waals surface area (Å²) in [6.07, 6.45) is 3.05. The average Bonchev–Trinajstić information content (AvgIpc) is 2.70. The Hall–Kier alpha value is -2.98. The number of carboxylic acids is 1. The van der Waals surface area contributed by atoms with Crippen molar-refractivity contribution in [3.8, 4) is 11.3 Å². The van der Waals surface area contributed by atoms with E-state index in [2.05, 4.69) is 20.5 Å². The molecule has 138 valence electrons. The van der Waals surface area contributed by atoms with Gasteiger partial charge in [-0.3, -0.25) is 4.98 Å². The number of rotatable bonds is 4. The molecular formula is C20H11ClFLiN4O2. The number of fused-ring (bicyclic) bond motifs is 1. The minimum absolute atomic E-state index is 0. The van der Waals surface area contributed by atoms with Gasteiger partial charge in [-0.25, -0.2) is 4.39 Å². The number of nitrogens with one attached hydrogen (secondary N) is 1. The van der Waals surface area contributed by atoms with E-state index >= 15 is 0 Å². The van der Waals surface area contributed by atoms with E-state index in [9.17, 15) is 14.3 Å². The van der Waals surface area contributed by atoms with E-state index in [1.807, 2.05) is 0 Å². The van der Waals surface area contributed by atoms with Gasteiger partial charge in [0.15, 0.2) is 0 Å². The van der Waals surface area contributed by atoms with Gasteiger partial charge in [0.1, 0.15) is 5.82 Å². The summed E-state index contributed by atoms with van der Waals surface area (Å²) < 4.78 is 14.1. The monoisotopic (exact) mass is 400 g/mol. The number of anilines is 2. The van der Waals surface area contributed by atoms with Crippen LogP contribution >= 0.6 is 11.6 Å². The number of pyridine rings is 1. The predicted molar refractivity (Wildman–Crippen MR) is 102 cm³/mol. The first-order valence-electron chi connectivity index (χ1n) is 8.16. The fraction of sp³-hybridized carbons (Fsp3) is 0. The van der Waals surface area contributed by atoms with Gasteiger partial charge in [0.25, 0.3) is 0 Å². The molecule has 1 N–H and O–H groups in total. The van der Waals surface area contributed by atoms with Crippen molar-refractivity contribution >= 4 is 39.8 Å². The zero-order chi connectivity index (χ0) is 19.7. The van der Waals surface area contributed by atoms with Crippen molar-refractivity contribution in [2.45, 2.75) is 0 Å². The molecule has 2 aromatic carbocycles. The molecule has 2 aromatic heterocycles. The van der Waals surface area contributed by atoms with E-state index < -0.39 is 11.8 Å². The van der Waals surface area contributed by atoms with Crippen LogP contribution in [0.4, 0.5) is 15.8 Å². The summed E-state index contributed by atoms with van der Waals surface area (Å²) in [4.78, 5) is 15.2. The van der Waals surface area contributed by atoms with E-state index in [0.29, 0.717) is 33.0 Å². The molecule has 29 heavy (non-hydrogen) atoms. The van der Waals surface area contributed by atoms with E-state index in [0.717, 1.165) is 0 Å². The van der Waals surface area contributed by atoms with Crippen LogP contribution in [0.3, 0.4) is 0 Å². The Morgan fingerprint density at radius 1 is 1.10 bits per heavy atom. The second-order valence-corrected chi connectivity index (χ2v) is 6.39. The van der Waals surface area contributed by atoms with Gasteiger partial charge in [0, 0.05) is 27.9 Å². The number of carbonyl (C=O) groups excluding carboxylic acids is 1. The average molecular weight is 401 g/mol. The molecule has 0 spiro atoms. The standard InChI is InChI=1S/C20H12ClFN4O2.Li/c21-12-2-4-16(22)15(8-12)19-9-13(10-24-26-19)25-17-5-6-23-18-7-11(20(27)28)1-3-14(17)18;/h1-10H,(H,27,28)(H,23,25,26);/q;+1/p-1. The fourth-order valence-electron chi connectivity index (χ4n) is 2.80. The Kier molecular flexibility index (Phi) is 6.14. The summed E-state index contributed by atoms with van der Waals surface area (Å²) in [7, 11) is 0. The second-order valence-electron chi connectivity index (χ2n) is 5.96. The zero-order valence-corrected chi connectivity index (χ0v) is 15.9. The summed E-state index contributed by atoms with van der Waals surface area (Å²) in [6.45, 7) is 0. The maximum absolute atomic E-state index is 14.1. The van der Waals surface area contributed by atoms with E-state index in [-0.39, 0.29) is 30.0 Å². The Morgan fingerprint density at radius 3 is 2.72 bits per heavy atom. The Labute approximate surface area is 181 Å². The van der Waals surface area contributed by atoms with Gasteiger partial charge < -0.3 is 15.2 Å². The number of carboxylic acid groups (broad SMARTS) is 1. The van der Waals surface area contributed by atoms with Crippen LogP contribution in [0.5, 0.6) is 0 Å². The maximum atomic E-state index is 14.1. The number of nitrogens with zero attached hydrogens (tertiary/aromatic N) is 3. The van der Waals surface area contributed by atoms with Gasteiger partial charge in [-0.15, -0.1) is 0 Å². The van der Waals surface area contributed by atoms with Crippen molar-refractivity contribution in [3.05, 3.63) is 77.3 Å². The second kappa shape index (κ2) is 8.58. The van der Waals surface area contributed by atoms with Crippen LogP contribution in [0.15, 0.2) is 60.9 Å². The van der Waals surface area contributed by atoms with E-state index in [1.165, 1.54) is 36.5 Å². The molecule has 6 nitrogen and oxygen atoms in total. The Bertz CT molecular complexity index is 1220. The zero-order valence-electron chi connectivity index (χ0n) is 15.2. The molecule has 9 heteroatoms. The van der Waals surface area contributed by atoms with Gasteiger partial charge in [-0.05, 0) is 42.0 Å². The van der Waals surface area contributed by atoms with Crippen LogP contribution in [-0.4, -0.2) is 21.2 Å². The summed E-state index contributed by atoms with van der Waals surface area (Å²) in [6, 6.07) is 12.1. The number of halogens is 2.